The molecule has 1 aliphatic heterocycles. The van der Waals surface area contributed by atoms with Crippen molar-refractivity contribution in [3.63, 3.8) is 0 Å². The number of hydrogen-bond donors (Lipinski definition) is 2. The number of piperidine rings is 1. The third-order valence-electron chi connectivity index (χ3n) is 4.19. The Kier molecular flexibility index (Phi) is 9.33. The number of hydrogen-bond acceptors (Lipinski definition) is 3. The minimum atomic E-state index is -0.141. The number of rotatable bonds is 6. The Labute approximate surface area is 158 Å². The van der Waals surface area contributed by atoms with Gasteiger partial charge in [-0.2, -0.15) is 0 Å². The second kappa shape index (κ2) is 10.7. The summed E-state index contributed by atoms with van der Waals surface area (Å²) in [4.78, 5) is 26.1. The third-order valence-corrected chi connectivity index (χ3v) is 4.72. The number of carbonyl (C=O) groups excluding carboxylic acids is 2. The smallest absolute Gasteiger partial charge is 0.251 e. The molecule has 0 radical (unpaired) electrons. The minimum absolute atomic E-state index is 0. The van der Waals surface area contributed by atoms with E-state index in [1.165, 1.54) is 0 Å². The van der Waals surface area contributed by atoms with E-state index < -0.39 is 0 Å². The molecule has 0 saturated carbocycles. The van der Waals surface area contributed by atoms with E-state index in [4.69, 9.17) is 0 Å². The van der Waals surface area contributed by atoms with Gasteiger partial charge in [0, 0.05) is 36.1 Å². The van der Waals surface area contributed by atoms with Gasteiger partial charge in [-0.3, -0.25) is 9.59 Å². The summed E-state index contributed by atoms with van der Waals surface area (Å²) in [6.07, 6.45) is 2.47. The van der Waals surface area contributed by atoms with Crippen LogP contribution in [0.1, 0.15) is 29.6 Å². The van der Waals surface area contributed by atoms with Gasteiger partial charge in [0.05, 0.1) is 0 Å². The van der Waals surface area contributed by atoms with Crippen LogP contribution >= 0.6 is 28.3 Å². The molecule has 0 spiro atoms. The molecule has 1 aromatic rings. The van der Waals surface area contributed by atoms with Crippen LogP contribution in [-0.4, -0.2) is 49.9 Å². The first-order chi connectivity index (χ1) is 11.1. The van der Waals surface area contributed by atoms with Crippen molar-refractivity contribution in [3.05, 3.63) is 34.3 Å². The maximum absolute atomic E-state index is 12.2. The first-order valence-corrected chi connectivity index (χ1v) is 8.85. The van der Waals surface area contributed by atoms with Gasteiger partial charge < -0.3 is 15.5 Å². The van der Waals surface area contributed by atoms with Gasteiger partial charge in [0.1, 0.15) is 0 Å². The number of likely N-dealkylation sites (tertiary alicyclic amines) is 1. The highest BCUT2D eigenvalue weighted by Crippen LogP contribution is 2.16. The summed E-state index contributed by atoms with van der Waals surface area (Å²) in [6, 6.07) is 7.17. The van der Waals surface area contributed by atoms with Crippen molar-refractivity contribution in [2.45, 2.75) is 19.3 Å². The summed E-state index contributed by atoms with van der Waals surface area (Å²) in [5.74, 6) is 0.656. The van der Waals surface area contributed by atoms with E-state index in [0.29, 0.717) is 24.4 Å². The van der Waals surface area contributed by atoms with E-state index in [-0.39, 0.29) is 24.2 Å². The minimum Gasteiger partial charge on any atom is -0.352 e. The predicted molar refractivity (Wildman–Crippen MR) is 102 cm³/mol. The van der Waals surface area contributed by atoms with E-state index >= 15 is 0 Å². The lowest BCUT2D eigenvalue weighted by molar-refractivity contribution is -0.132. The van der Waals surface area contributed by atoms with Crippen molar-refractivity contribution in [1.29, 1.82) is 0 Å². The molecule has 1 saturated heterocycles. The second-order valence-corrected chi connectivity index (χ2v) is 6.81. The fourth-order valence-electron chi connectivity index (χ4n) is 2.82. The van der Waals surface area contributed by atoms with Gasteiger partial charge in [0.25, 0.3) is 5.91 Å². The van der Waals surface area contributed by atoms with E-state index in [9.17, 15) is 9.59 Å². The zero-order chi connectivity index (χ0) is 16.7. The maximum atomic E-state index is 12.2. The zero-order valence-electron chi connectivity index (χ0n) is 13.9. The largest absolute Gasteiger partial charge is 0.352 e. The summed E-state index contributed by atoms with van der Waals surface area (Å²) in [7, 11) is 1.96. The Morgan fingerprint density at radius 1 is 1.21 bits per heavy atom. The highest BCUT2D eigenvalue weighted by Gasteiger charge is 2.22. The topological polar surface area (TPSA) is 61.4 Å². The van der Waals surface area contributed by atoms with Crippen LogP contribution < -0.4 is 10.6 Å². The molecule has 0 bridgehead atoms. The molecule has 1 heterocycles. The molecule has 5 nitrogen and oxygen atoms in total. The third kappa shape index (κ3) is 6.42. The Balaban J connectivity index is 0.00000288. The standard InChI is InChI=1S/C17H24BrN3O2.ClH/c1-19-12-13-7-10-21(11-8-13)16(22)6-9-20-17(23)14-2-4-15(18)5-3-14;/h2-5,13,19H,6-12H2,1H3,(H,20,23);1H. The molecule has 1 aliphatic rings. The SMILES string of the molecule is CNCC1CCN(C(=O)CCNC(=O)c2ccc(Br)cc2)CC1.Cl. The van der Waals surface area contributed by atoms with Gasteiger partial charge in [-0.1, -0.05) is 15.9 Å². The van der Waals surface area contributed by atoms with Gasteiger partial charge in [0.2, 0.25) is 5.91 Å². The van der Waals surface area contributed by atoms with E-state index in [0.717, 1.165) is 36.9 Å². The average Bonchev–Trinajstić information content (AvgIpc) is 2.56. The van der Waals surface area contributed by atoms with Crippen LogP contribution in [0.15, 0.2) is 28.7 Å². The molecule has 0 unspecified atom stereocenters. The van der Waals surface area contributed by atoms with Crippen molar-refractivity contribution in [3.8, 4) is 0 Å². The first-order valence-electron chi connectivity index (χ1n) is 8.06. The highest BCUT2D eigenvalue weighted by molar-refractivity contribution is 9.10. The van der Waals surface area contributed by atoms with Crippen LogP contribution in [0.2, 0.25) is 0 Å². The van der Waals surface area contributed by atoms with Crippen LogP contribution in [0.3, 0.4) is 0 Å². The summed E-state index contributed by atoms with van der Waals surface area (Å²) >= 11 is 3.34. The Hall–Kier alpha value is -1.11. The van der Waals surface area contributed by atoms with Crippen molar-refractivity contribution < 1.29 is 9.59 Å². The van der Waals surface area contributed by atoms with Crippen molar-refractivity contribution in [2.24, 2.45) is 5.92 Å². The molecule has 0 aliphatic carbocycles. The fraction of sp³-hybridized carbons (Fsp3) is 0.529. The molecule has 24 heavy (non-hydrogen) atoms. The normalized spacial score (nSPS) is 14.8. The number of nitrogens with zero attached hydrogens (tertiary/aromatic N) is 1. The summed E-state index contributed by atoms with van der Waals surface area (Å²) < 4.78 is 0.936. The van der Waals surface area contributed by atoms with Crippen molar-refractivity contribution >= 4 is 40.2 Å². The molecule has 1 fully saturated rings. The lowest BCUT2D eigenvalue weighted by Crippen LogP contribution is -2.41. The highest BCUT2D eigenvalue weighted by atomic mass is 79.9. The quantitative estimate of drug-likeness (QED) is 0.746. The van der Waals surface area contributed by atoms with Crippen LogP contribution in [0.25, 0.3) is 0 Å². The molecule has 2 amide bonds. The van der Waals surface area contributed by atoms with Gasteiger partial charge in [-0.25, -0.2) is 0 Å². The average molecular weight is 419 g/mol. The van der Waals surface area contributed by atoms with E-state index in [2.05, 4.69) is 26.6 Å². The van der Waals surface area contributed by atoms with Gasteiger partial charge in [0.15, 0.2) is 0 Å². The molecular formula is C17H25BrClN3O2. The monoisotopic (exact) mass is 417 g/mol. The Bertz CT molecular complexity index is 531. The second-order valence-electron chi connectivity index (χ2n) is 5.89. The fourth-order valence-corrected chi connectivity index (χ4v) is 3.08. The van der Waals surface area contributed by atoms with E-state index in [1.54, 1.807) is 12.1 Å². The van der Waals surface area contributed by atoms with Gasteiger partial charge in [-0.05, 0) is 56.6 Å². The molecule has 2 N–H and O–H groups in total. The molecule has 2 rings (SSSR count). The van der Waals surface area contributed by atoms with Crippen LogP contribution in [0.4, 0.5) is 0 Å². The van der Waals surface area contributed by atoms with Crippen LogP contribution in [0.5, 0.6) is 0 Å². The Morgan fingerprint density at radius 2 is 1.83 bits per heavy atom. The summed E-state index contributed by atoms with van der Waals surface area (Å²) in [6.45, 7) is 3.05. The molecular weight excluding hydrogens is 394 g/mol. The lowest BCUT2D eigenvalue weighted by Gasteiger charge is -2.32. The maximum Gasteiger partial charge on any atom is 0.251 e. The summed E-state index contributed by atoms with van der Waals surface area (Å²) in [5, 5.41) is 6.00. The lowest BCUT2D eigenvalue weighted by atomic mass is 9.96. The molecule has 7 heteroatoms. The van der Waals surface area contributed by atoms with Crippen LogP contribution in [-0.2, 0) is 4.79 Å². The van der Waals surface area contributed by atoms with Crippen molar-refractivity contribution in [2.75, 3.05) is 33.2 Å². The number of amides is 2. The number of carbonyl (C=O) groups is 2. The van der Waals surface area contributed by atoms with Gasteiger partial charge >= 0.3 is 0 Å². The zero-order valence-corrected chi connectivity index (χ0v) is 16.3. The predicted octanol–water partition coefficient (Wildman–Crippen LogP) is 2.45. The van der Waals surface area contributed by atoms with Gasteiger partial charge in [-0.15, -0.1) is 12.4 Å². The molecule has 0 atom stereocenters. The molecule has 1 aromatic carbocycles. The number of nitrogens with one attached hydrogen (secondary N) is 2. The van der Waals surface area contributed by atoms with Crippen molar-refractivity contribution in [1.82, 2.24) is 15.5 Å². The summed E-state index contributed by atoms with van der Waals surface area (Å²) in [5.41, 5.74) is 0.605. The number of benzene rings is 1. The van der Waals surface area contributed by atoms with E-state index in [1.807, 2.05) is 24.1 Å². The number of halogens is 2. The molecule has 134 valence electrons. The Morgan fingerprint density at radius 3 is 2.42 bits per heavy atom. The van der Waals surface area contributed by atoms with Crippen LogP contribution in [0, 0.1) is 5.92 Å². The first kappa shape index (κ1) is 20.9. The molecule has 0 aromatic heterocycles.